The van der Waals surface area contributed by atoms with Crippen LogP contribution in [-0.4, -0.2) is 32.3 Å². The predicted molar refractivity (Wildman–Crippen MR) is 75.8 cm³/mol. The van der Waals surface area contributed by atoms with Crippen molar-refractivity contribution >= 4 is 5.91 Å². The van der Waals surface area contributed by atoms with Crippen molar-refractivity contribution in [2.24, 2.45) is 0 Å². The van der Waals surface area contributed by atoms with E-state index in [1.54, 1.807) is 13.2 Å². The number of amides is 1. The molecule has 1 aromatic carbocycles. The number of nitrogens with one attached hydrogen (secondary N) is 1. The monoisotopic (exact) mass is 265 g/mol. The van der Waals surface area contributed by atoms with E-state index < -0.39 is 0 Å². The molecule has 0 bridgehead atoms. The van der Waals surface area contributed by atoms with Crippen molar-refractivity contribution < 1.29 is 14.3 Å². The van der Waals surface area contributed by atoms with Crippen LogP contribution in [0.3, 0.4) is 0 Å². The molecule has 1 fully saturated rings. The summed E-state index contributed by atoms with van der Waals surface area (Å²) >= 11 is 0. The summed E-state index contributed by atoms with van der Waals surface area (Å²) in [5, 5.41) is 2.96. The number of aryl methyl sites for hydroxylation is 1. The fraction of sp³-hybridized carbons (Fsp3) is 0.533. The van der Waals surface area contributed by atoms with Gasteiger partial charge in [0.15, 0.2) is 0 Å². The molecule has 1 atom stereocenters. The highest BCUT2D eigenvalue weighted by Gasteiger charge is 2.18. The summed E-state index contributed by atoms with van der Waals surface area (Å²) in [6.07, 6.45) is 0.890. The van der Waals surface area contributed by atoms with Crippen molar-refractivity contribution in [2.75, 3.05) is 20.3 Å². The van der Waals surface area contributed by atoms with Crippen molar-refractivity contribution in [2.45, 2.75) is 33.2 Å². The van der Waals surface area contributed by atoms with Gasteiger partial charge in [-0.1, -0.05) is 13.8 Å². The van der Waals surface area contributed by atoms with E-state index in [-0.39, 0.29) is 11.9 Å². The summed E-state index contributed by atoms with van der Waals surface area (Å²) in [6, 6.07) is 5.57. The molecule has 0 aromatic heterocycles. The van der Waals surface area contributed by atoms with Crippen LogP contribution in [0.5, 0.6) is 5.75 Å². The Bertz CT molecular complexity index is 412. The maximum Gasteiger partial charge on any atom is 0.251 e. The molecular weight excluding hydrogens is 242 g/mol. The summed E-state index contributed by atoms with van der Waals surface area (Å²) in [6.45, 7) is 7.27. The first-order valence-corrected chi connectivity index (χ1v) is 6.74. The number of hydrogen-bond donors (Lipinski definition) is 1. The van der Waals surface area contributed by atoms with Crippen LogP contribution in [0.2, 0.25) is 0 Å². The lowest BCUT2D eigenvalue weighted by molar-refractivity contribution is 0.0930. The maximum atomic E-state index is 11.9. The third-order valence-electron chi connectivity index (χ3n) is 2.92. The van der Waals surface area contributed by atoms with E-state index in [2.05, 4.69) is 5.32 Å². The first kappa shape index (κ1) is 15.5. The Hall–Kier alpha value is -1.55. The maximum absolute atomic E-state index is 11.9. The molecule has 0 saturated carbocycles. The SMILES string of the molecule is CC.COc1ccc(C(=O)NC2CCOC2)cc1C. The van der Waals surface area contributed by atoms with Crippen LogP contribution >= 0.6 is 0 Å². The summed E-state index contributed by atoms with van der Waals surface area (Å²) in [4.78, 5) is 11.9. The van der Waals surface area contributed by atoms with Crippen LogP contribution in [0.15, 0.2) is 18.2 Å². The van der Waals surface area contributed by atoms with Crippen molar-refractivity contribution in [3.8, 4) is 5.75 Å². The lowest BCUT2D eigenvalue weighted by atomic mass is 10.1. The van der Waals surface area contributed by atoms with Gasteiger partial charge in [0.2, 0.25) is 0 Å². The average Bonchev–Trinajstić information content (AvgIpc) is 2.93. The summed E-state index contributed by atoms with van der Waals surface area (Å²) in [7, 11) is 1.62. The Morgan fingerprint density at radius 3 is 2.68 bits per heavy atom. The Balaban J connectivity index is 0.000000861. The zero-order valence-electron chi connectivity index (χ0n) is 12.2. The quantitative estimate of drug-likeness (QED) is 0.913. The number of ether oxygens (including phenoxy) is 2. The summed E-state index contributed by atoms with van der Waals surface area (Å²) < 4.78 is 10.4. The second-order valence-corrected chi connectivity index (χ2v) is 4.22. The highest BCUT2D eigenvalue weighted by molar-refractivity contribution is 5.94. The lowest BCUT2D eigenvalue weighted by Gasteiger charge is -2.12. The first-order valence-electron chi connectivity index (χ1n) is 6.74. The molecule has 0 spiro atoms. The Labute approximate surface area is 115 Å². The van der Waals surface area contributed by atoms with Crippen molar-refractivity contribution in [1.29, 1.82) is 0 Å². The van der Waals surface area contributed by atoms with E-state index in [0.717, 1.165) is 24.3 Å². The van der Waals surface area contributed by atoms with E-state index in [9.17, 15) is 4.79 Å². The van der Waals surface area contributed by atoms with Gasteiger partial charge in [0.05, 0.1) is 19.8 Å². The molecule has 19 heavy (non-hydrogen) atoms. The minimum Gasteiger partial charge on any atom is -0.496 e. The first-order chi connectivity index (χ1) is 9.20. The molecular formula is C15H23NO3. The van der Waals surface area contributed by atoms with Crippen LogP contribution in [-0.2, 0) is 4.74 Å². The van der Waals surface area contributed by atoms with Gasteiger partial charge in [-0.15, -0.1) is 0 Å². The largest absolute Gasteiger partial charge is 0.496 e. The van der Waals surface area contributed by atoms with Gasteiger partial charge < -0.3 is 14.8 Å². The van der Waals surface area contributed by atoms with E-state index in [1.165, 1.54) is 0 Å². The molecule has 1 aliphatic rings. The minimum atomic E-state index is -0.0498. The molecule has 1 saturated heterocycles. The number of methoxy groups -OCH3 is 1. The zero-order chi connectivity index (χ0) is 14.3. The Kier molecular flexibility index (Phi) is 6.36. The number of benzene rings is 1. The number of hydrogen-bond acceptors (Lipinski definition) is 3. The van der Waals surface area contributed by atoms with E-state index in [0.29, 0.717) is 12.2 Å². The predicted octanol–water partition coefficient (Wildman–Crippen LogP) is 2.55. The van der Waals surface area contributed by atoms with Gasteiger partial charge >= 0.3 is 0 Å². The topological polar surface area (TPSA) is 47.6 Å². The number of carbonyl (C=O) groups is 1. The second kappa shape index (κ2) is 7.79. The standard InChI is InChI=1S/C13H17NO3.C2H6/c1-9-7-10(3-4-12(9)16-2)13(15)14-11-5-6-17-8-11;1-2/h3-4,7,11H,5-6,8H2,1-2H3,(H,14,15);1-2H3. The van der Waals surface area contributed by atoms with Crippen molar-refractivity contribution in [3.05, 3.63) is 29.3 Å². The van der Waals surface area contributed by atoms with Gasteiger partial charge in [0.25, 0.3) is 5.91 Å². The van der Waals surface area contributed by atoms with E-state index in [4.69, 9.17) is 9.47 Å². The van der Waals surface area contributed by atoms with Crippen LogP contribution in [0.4, 0.5) is 0 Å². The molecule has 1 amide bonds. The summed E-state index contributed by atoms with van der Waals surface area (Å²) in [5.41, 5.74) is 1.62. The van der Waals surface area contributed by atoms with Crippen molar-refractivity contribution in [3.63, 3.8) is 0 Å². The molecule has 1 unspecified atom stereocenters. The normalized spacial score (nSPS) is 17.4. The van der Waals surface area contributed by atoms with E-state index in [1.807, 2.05) is 32.9 Å². The molecule has 0 radical (unpaired) electrons. The zero-order valence-corrected chi connectivity index (χ0v) is 12.2. The molecule has 0 aliphatic carbocycles. The van der Waals surface area contributed by atoms with Gasteiger partial charge in [0.1, 0.15) is 5.75 Å². The average molecular weight is 265 g/mol. The van der Waals surface area contributed by atoms with Crippen LogP contribution in [0.25, 0.3) is 0 Å². The molecule has 2 rings (SSSR count). The molecule has 1 aromatic rings. The third kappa shape index (κ3) is 4.24. The van der Waals surface area contributed by atoms with Gasteiger partial charge in [-0.3, -0.25) is 4.79 Å². The van der Waals surface area contributed by atoms with Gasteiger partial charge in [-0.05, 0) is 37.1 Å². The molecule has 1 N–H and O–H groups in total. The Morgan fingerprint density at radius 1 is 1.42 bits per heavy atom. The highest BCUT2D eigenvalue weighted by atomic mass is 16.5. The fourth-order valence-electron chi connectivity index (χ4n) is 1.94. The van der Waals surface area contributed by atoms with Crippen molar-refractivity contribution in [1.82, 2.24) is 5.32 Å². The highest BCUT2D eigenvalue weighted by Crippen LogP contribution is 2.18. The van der Waals surface area contributed by atoms with Crippen LogP contribution in [0.1, 0.15) is 36.2 Å². The number of rotatable bonds is 3. The van der Waals surface area contributed by atoms with Crippen LogP contribution in [0, 0.1) is 6.92 Å². The third-order valence-corrected chi connectivity index (χ3v) is 2.92. The minimum absolute atomic E-state index is 0.0498. The van der Waals surface area contributed by atoms with Crippen LogP contribution < -0.4 is 10.1 Å². The molecule has 106 valence electrons. The van der Waals surface area contributed by atoms with Gasteiger partial charge in [-0.2, -0.15) is 0 Å². The second-order valence-electron chi connectivity index (χ2n) is 4.22. The fourth-order valence-corrected chi connectivity index (χ4v) is 1.94. The molecule has 4 heteroatoms. The molecule has 1 heterocycles. The van der Waals surface area contributed by atoms with Gasteiger partial charge in [-0.25, -0.2) is 0 Å². The van der Waals surface area contributed by atoms with E-state index >= 15 is 0 Å². The number of carbonyl (C=O) groups excluding carboxylic acids is 1. The van der Waals surface area contributed by atoms with Gasteiger partial charge in [0, 0.05) is 12.2 Å². The molecule has 4 nitrogen and oxygen atoms in total. The smallest absolute Gasteiger partial charge is 0.251 e. The molecule has 1 aliphatic heterocycles. The lowest BCUT2D eigenvalue weighted by Crippen LogP contribution is -2.35. The summed E-state index contributed by atoms with van der Waals surface area (Å²) in [5.74, 6) is 0.747. The Morgan fingerprint density at radius 2 is 2.16 bits per heavy atom.